The highest BCUT2D eigenvalue weighted by Crippen LogP contribution is 2.10. The second-order valence-corrected chi connectivity index (χ2v) is 3.79. The molecule has 0 fully saturated rings. The Bertz CT molecular complexity index is 763. The molecule has 0 spiro atoms. The van der Waals surface area contributed by atoms with Crippen molar-refractivity contribution in [2.24, 2.45) is 0 Å². The number of aromatic nitrogens is 5. The fourth-order valence-corrected chi connectivity index (χ4v) is 1.72. The standard InChI is InChI=1S/C11H8FN5O/c12-9-4-2-1-3-7(9)5-8-6-13-11-14-15-16-17(11)10(8)18/h1-4,6H,5H2,(H,13,14,16). The van der Waals surface area contributed by atoms with Crippen LogP contribution < -0.4 is 5.56 Å². The van der Waals surface area contributed by atoms with E-state index in [1.807, 2.05) is 0 Å². The number of nitrogens with one attached hydrogen (secondary N) is 1. The minimum Gasteiger partial charge on any atom is -0.267 e. The van der Waals surface area contributed by atoms with Crippen molar-refractivity contribution < 1.29 is 4.39 Å². The molecule has 0 amide bonds. The fraction of sp³-hybridized carbons (Fsp3) is 0.0909. The van der Waals surface area contributed by atoms with E-state index < -0.39 is 0 Å². The third-order valence-electron chi connectivity index (χ3n) is 2.64. The Morgan fingerprint density at radius 2 is 2.11 bits per heavy atom. The van der Waals surface area contributed by atoms with Gasteiger partial charge in [-0.15, -0.1) is 0 Å². The van der Waals surface area contributed by atoms with E-state index >= 15 is 0 Å². The van der Waals surface area contributed by atoms with Crippen molar-refractivity contribution in [2.45, 2.75) is 6.42 Å². The molecule has 7 heteroatoms. The third-order valence-corrected chi connectivity index (χ3v) is 2.64. The van der Waals surface area contributed by atoms with E-state index in [0.717, 1.165) is 4.52 Å². The van der Waals surface area contributed by atoms with Crippen molar-refractivity contribution in [3.63, 3.8) is 0 Å². The summed E-state index contributed by atoms with van der Waals surface area (Å²) in [6.45, 7) is 0. The number of hydrogen-bond acceptors (Lipinski definition) is 4. The van der Waals surface area contributed by atoms with Gasteiger partial charge in [0.05, 0.1) is 0 Å². The Kier molecular flexibility index (Phi) is 2.36. The van der Waals surface area contributed by atoms with Crippen LogP contribution in [0.15, 0.2) is 35.3 Å². The molecule has 0 aliphatic heterocycles. The van der Waals surface area contributed by atoms with Gasteiger partial charge in [0, 0.05) is 18.2 Å². The summed E-state index contributed by atoms with van der Waals surface area (Å²) in [6, 6.07) is 6.32. The van der Waals surface area contributed by atoms with E-state index in [-0.39, 0.29) is 23.6 Å². The van der Waals surface area contributed by atoms with Crippen molar-refractivity contribution in [3.8, 4) is 0 Å². The first-order valence-corrected chi connectivity index (χ1v) is 5.27. The molecule has 3 aromatic rings. The van der Waals surface area contributed by atoms with Gasteiger partial charge in [0.25, 0.3) is 11.3 Å². The van der Waals surface area contributed by atoms with Gasteiger partial charge in [-0.3, -0.25) is 4.79 Å². The summed E-state index contributed by atoms with van der Waals surface area (Å²) in [5.41, 5.74) is 0.501. The van der Waals surface area contributed by atoms with E-state index in [1.54, 1.807) is 18.2 Å². The van der Waals surface area contributed by atoms with E-state index in [0.29, 0.717) is 11.1 Å². The molecule has 0 saturated heterocycles. The maximum atomic E-state index is 13.5. The number of aromatic amines is 1. The molecule has 0 aliphatic rings. The highest BCUT2D eigenvalue weighted by Gasteiger charge is 2.09. The molecule has 2 heterocycles. The number of halogens is 1. The van der Waals surface area contributed by atoms with Crippen LogP contribution in [0.3, 0.4) is 0 Å². The number of rotatable bonds is 2. The van der Waals surface area contributed by atoms with E-state index in [2.05, 4.69) is 20.5 Å². The second-order valence-electron chi connectivity index (χ2n) is 3.79. The molecule has 1 N–H and O–H groups in total. The Hall–Kier alpha value is -2.57. The third kappa shape index (κ3) is 1.65. The van der Waals surface area contributed by atoms with Crippen molar-refractivity contribution in [1.29, 1.82) is 0 Å². The van der Waals surface area contributed by atoms with E-state index in [9.17, 15) is 9.18 Å². The lowest BCUT2D eigenvalue weighted by atomic mass is 10.1. The average Bonchev–Trinajstić information content (AvgIpc) is 2.84. The van der Waals surface area contributed by atoms with Crippen LogP contribution in [0.2, 0.25) is 0 Å². The quantitative estimate of drug-likeness (QED) is 0.715. The molecular formula is C11H8FN5O. The second kappa shape index (κ2) is 4.02. The minimum absolute atomic E-state index is 0.181. The lowest BCUT2D eigenvalue weighted by molar-refractivity contribution is 0.613. The van der Waals surface area contributed by atoms with Crippen LogP contribution in [0.4, 0.5) is 4.39 Å². The number of H-pyrrole nitrogens is 1. The zero-order valence-corrected chi connectivity index (χ0v) is 9.17. The van der Waals surface area contributed by atoms with Gasteiger partial charge in [-0.2, -0.15) is 9.73 Å². The van der Waals surface area contributed by atoms with Gasteiger partial charge in [0.15, 0.2) is 0 Å². The van der Waals surface area contributed by atoms with Gasteiger partial charge in [-0.25, -0.2) is 9.37 Å². The normalized spacial score (nSPS) is 10.9. The van der Waals surface area contributed by atoms with Gasteiger partial charge >= 0.3 is 0 Å². The van der Waals surface area contributed by atoms with Gasteiger partial charge in [-0.05, 0) is 16.8 Å². The predicted molar refractivity (Wildman–Crippen MR) is 60.6 cm³/mol. The Morgan fingerprint density at radius 3 is 2.94 bits per heavy atom. The largest absolute Gasteiger partial charge is 0.278 e. The predicted octanol–water partition coefficient (Wildman–Crippen LogP) is 0.542. The molecule has 0 atom stereocenters. The lowest BCUT2D eigenvalue weighted by Crippen LogP contribution is -2.20. The van der Waals surface area contributed by atoms with Gasteiger partial charge < -0.3 is 0 Å². The monoisotopic (exact) mass is 245 g/mol. The van der Waals surface area contributed by atoms with Crippen LogP contribution in [-0.2, 0) is 6.42 Å². The summed E-state index contributed by atoms with van der Waals surface area (Å²) in [4.78, 5) is 16.0. The zero-order chi connectivity index (χ0) is 12.5. The fourth-order valence-electron chi connectivity index (χ4n) is 1.72. The lowest BCUT2D eigenvalue weighted by Gasteiger charge is -2.02. The topological polar surface area (TPSA) is 75.9 Å². The summed E-state index contributed by atoms with van der Waals surface area (Å²) < 4.78 is 14.6. The molecule has 2 aromatic heterocycles. The van der Waals surface area contributed by atoms with Crippen molar-refractivity contribution in [2.75, 3.05) is 0 Å². The number of hydrogen-bond donors (Lipinski definition) is 1. The molecule has 0 unspecified atom stereocenters. The van der Waals surface area contributed by atoms with Crippen LogP contribution in [0.25, 0.3) is 5.78 Å². The Morgan fingerprint density at radius 1 is 1.28 bits per heavy atom. The smallest absolute Gasteiger partial charge is 0.267 e. The molecule has 0 bridgehead atoms. The van der Waals surface area contributed by atoms with Crippen LogP contribution in [0.5, 0.6) is 0 Å². The van der Waals surface area contributed by atoms with E-state index in [1.165, 1.54) is 12.3 Å². The van der Waals surface area contributed by atoms with Crippen LogP contribution in [0.1, 0.15) is 11.1 Å². The number of fused-ring (bicyclic) bond motifs is 1. The number of nitrogens with zero attached hydrogens (tertiary/aromatic N) is 4. The molecule has 0 saturated carbocycles. The first-order chi connectivity index (χ1) is 8.75. The first-order valence-electron chi connectivity index (χ1n) is 5.27. The van der Waals surface area contributed by atoms with Gasteiger partial charge in [0.1, 0.15) is 5.82 Å². The average molecular weight is 245 g/mol. The van der Waals surface area contributed by atoms with Crippen molar-refractivity contribution in [1.82, 2.24) is 25.0 Å². The molecular weight excluding hydrogens is 237 g/mol. The summed E-state index contributed by atoms with van der Waals surface area (Å²) in [5.74, 6) is -0.151. The van der Waals surface area contributed by atoms with Gasteiger partial charge in [-0.1, -0.05) is 23.3 Å². The number of benzene rings is 1. The summed E-state index contributed by atoms with van der Waals surface area (Å²) in [6.07, 6.45) is 1.58. The minimum atomic E-state index is -0.343. The van der Waals surface area contributed by atoms with Crippen LogP contribution >= 0.6 is 0 Å². The molecule has 3 rings (SSSR count). The Balaban J connectivity index is 2.08. The SMILES string of the molecule is O=c1c(Cc2ccccc2F)cnc2nn[nH]n12. The van der Waals surface area contributed by atoms with Gasteiger partial charge in [0.2, 0.25) is 0 Å². The summed E-state index contributed by atoms with van der Waals surface area (Å²) >= 11 is 0. The maximum absolute atomic E-state index is 13.5. The summed E-state index contributed by atoms with van der Waals surface area (Å²) in [7, 11) is 0. The number of tetrazole rings is 1. The van der Waals surface area contributed by atoms with E-state index in [4.69, 9.17) is 0 Å². The molecule has 90 valence electrons. The highest BCUT2D eigenvalue weighted by atomic mass is 19.1. The zero-order valence-electron chi connectivity index (χ0n) is 9.17. The molecule has 1 aromatic carbocycles. The van der Waals surface area contributed by atoms with Crippen molar-refractivity contribution >= 4 is 5.78 Å². The molecule has 6 nitrogen and oxygen atoms in total. The molecule has 0 radical (unpaired) electrons. The molecule has 18 heavy (non-hydrogen) atoms. The van der Waals surface area contributed by atoms with Crippen molar-refractivity contribution in [3.05, 3.63) is 57.8 Å². The summed E-state index contributed by atoms with van der Waals surface area (Å²) in [5, 5.41) is 9.51. The highest BCUT2D eigenvalue weighted by molar-refractivity contribution is 5.29. The molecule has 0 aliphatic carbocycles. The van der Waals surface area contributed by atoms with Crippen LogP contribution in [-0.4, -0.2) is 25.0 Å². The Labute approximate surface area is 100 Å². The van der Waals surface area contributed by atoms with Crippen LogP contribution in [0, 0.1) is 5.82 Å². The first kappa shape index (κ1) is 10.6. The maximum Gasteiger partial charge on any atom is 0.278 e.